The largest absolute Gasteiger partial charge is 0.379 e. The predicted octanol–water partition coefficient (Wildman–Crippen LogP) is 3.56. The molecule has 0 aliphatic carbocycles. The van der Waals surface area contributed by atoms with E-state index in [9.17, 15) is 4.79 Å². The van der Waals surface area contributed by atoms with Crippen LogP contribution in [0.2, 0.25) is 0 Å². The van der Waals surface area contributed by atoms with Gasteiger partial charge in [-0.1, -0.05) is 39.8 Å². The number of amides is 1. The van der Waals surface area contributed by atoms with Gasteiger partial charge in [0, 0.05) is 38.9 Å². The van der Waals surface area contributed by atoms with E-state index in [-0.39, 0.29) is 47.4 Å². The van der Waals surface area contributed by atoms with Crippen molar-refractivity contribution in [2.45, 2.75) is 59.7 Å². The first-order chi connectivity index (χ1) is 12.7. The molecule has 2 atom stereocenters. The molecule has 7 heteroatoms. The van der Waals surface area contributed by atoms with Crippen LogP contribution in [-0.2, 0) is 11.3 Å². The van der Waals surface area contributed by atoms with E-state index in [0.717, 1.165) is 12.0 Å². The number of aliphatic imine (C=N–C) groups is 1. The average molecular weight is 504 g/mol. The molecule has 28 heavy (non-hydrogen) atoms. The van der Waals surface area contributed by atoms with Gasteiger partial charge in [0.1, 0.15) is 0 Å². The number of hydrogen-bond acceptors (Lipinski definition) is 3. The van der Waals surface area contributed by atoms with Crippen LogP contribution >= 0.6 is 24.0 Å². The van der Waals surface area contributed by atoms with Crippen LogP contribution < -0.4 is 16.0 Å². The molecule has 0 aliphatic rings. The lowest BCUT2D eigenvalue weighted by Gasteiger charge is -2.30. The van der Waals surface area contributed by atoms with Crippen LogP contribution in [0.15, 0.2) is 29.3 Å². The van der Waals surface area contributed by atoms with Crippen molar-refractivity contribution in [3.05, 3.63) is 35.4 Å². The SMILES string of the molecule is CCC(C)NC(=O)c1cccc(CNC(=NC)NCC(OC)C(C)(C)C)c1.I. The van der Waals surface area contributed by atoms with Crippen LogP contribution in [0.3, 0.4) is 0 Å². The number of benzene rings is 1. The Morgan fingerprint density at radius 3 is 2.46 bits per heavy atom. The highest BCUT2D eigenvalue weighted by atomic mass is 127. The molecule has 0 fully saturated rings. The van der Waals surface area contributed by atoms with E-state index in [1.807, 2.05) is 31.2 Å². The monoisotopic (exact) mass is 504 g/mol. The number of rotatable bonds is 8. The van der Waals surface area contributed by atoms with Crippen molar-refractivity contribution in [1.82, 2.24) is 16.0 Å². The smallest absolute Gasteiger partial charge is 0.251 e. The molecule has 1 aromatic carbocycles. The normalized spacial score (nSPS) is 13.9. The molecule has 1 aromatic rings. The van der Waals surface area contributed by atoms with Crippen LogP contribution in [0.25, 0.3) is 0 Å². The molecule has 0 saturated carbocycles. The summed E-state index contributed by atoms with van der Waals surface area (Å²) in [5, 5.41) is 9.58. The van der Waals surface area contributed by atoms with Crippen molar-refractivity contribution >= 4 is 35.8 Å². The van der Waals surface area contributed by atoms with Crippen LogP contribution in [0, 0.1) is 5.41 Å². The summed E-state index contributed by atoms with van der Waals surface area (Å²) in [5.41, 5.74) is 1.73. The highest BCUT2D eigenvalue weighted by molar-refractivity contribution is 14.0. The van der Waals surface area contributed by atoms with Gasteiger partial charge in [-0.25, -0.2) is 0 Å². The predicted molar refractivity (Wildman–Crippen MR) is 128 cm³/mol. The second kappa shape index (κ2) is 13.0. The van der Waals surface area contributed by atoms with Crippen LogP contribution in [0.4, 0.5) is 0 Å². The molecular formula is C21H37IN4O2. The van der Waals surface area contributed by atoms with E-state index in [0.29, 0.717) is 24.6 Å². The van der Waals surface area contributed by atoms with Gasteiger partial charge in [0.25, 0.3) is 5.91 Å². The van der Waals surface area contributed by atoms with Crippen molar-refractivity contribution in [3.8, 4) is 0 Å². The molecule has 3 N–H and O–H groups in total. The zero-order valence-electron chi connectivity index (χ0n) is 18.3. The number of nitrogens with one attached hydrogen (secondary N) is 3. The highest BCUT2D eigenvalue weighted by Gasteiger charge is 2.24. The third-order valence-corrected chi connectivity index (χ3v) is 4.57. The Hall–Kier alpha value is -1.35. The average Bonchev–Trinajstić information content (AvgIpc) is 2.63. The van der Waals surface area contributed by atoms with Crippen LogP contribution in [0.1, 0.15) is 57.0 Å². The summed E-state index contributed by atoms with van der Waals surface area (Å²) in [6, 6.07) is 7.80. The van der Waals surface area contributed by atoms with E-state index in [1.165, 1.54) is 0 Å². The molecule has 2 unspecified atom stereocenters. The fourth-order valence-corrected chi connectivity index (χ4v) is 2.57. The number of halogens is 1. The topological polar surface area (TPSA) is 74.8 Å². The third kappa shape index (κ3) is 9.23. The Morgan fingerprint density at radius 2 is 1.93 bits per heavy atom. The van der Waals surface area contributed by atoms with E-state index in [4.69, 9.17) is 4.74 Å². The minimum atomic E-state index is -0.0400. The van der Waals surface area contributed by atoms with Crippen molar-refractivity contribution in [1.29, 1.82) is 0 Å². The van der Waals surface area contributed by atoms with Gasteiger partial charge in [-0.3, -0.25) is 9.79 Å². The first kappa shape index (κ1) is 26.6. The molecule has 160 valence electrons. The molecule has 0 heterocycles. The zero-order valence-corrected chi connectivity index (χ0v) is 20.6. The van der Waals surface area contributed by atoms with Gasteiger partial charge in [-0.15, -0.1) is 24.0 Å². The van der Waals surface area contributed by atoms with Gasteiger partial charge in [0.15, 0.2) is 5.96 Å². The summed E-state index contributed by atoms with van der Waals surface area (Å²) in [5.74, 6) is 0.664. The van der Waals surface area contributed by atoms with Crippen molar-refractivity contribution in [2.75, 3.05) is 20.7 Å². The van der Waals surface area contributed by atoms with Gasteiger partial charge in [0.05, 0.1) is 6.10 Å². The van der Waals surface area contributed by atoms with E-state index >= 15 is 0 Å². The maximum absolute atomic E-state index is 12.3. The zero-order chi connectivity index (χ0) is 20.4. The second-order valence-corrected chi connectivity index (χ2v) is 7.88. The number of hydrogen-bond donors (Lipinski definition) is 3. The lowest BCUT2D eigenvalue weighted by Crippen LogP contribution is -2.45. The standard InChI is InChI=1S/C21H36N4O2.HI/c1-8-15(2)25-19(26)17-11-9-10-16(12-17)13-23-20(22-6)24-14-18(27-7)21(3,4)5;/h9-12,15,18H,8,13-14H2,1-7H3,(H,25,26)(H2,22,23,24);1H. The summed E-state index contributed by atoms with van der Waals surface area (Å²) in [7, 11) is 3.47. The Kier molecular flexibility index (Phi) is 12.4. The maximum atomic E-state index is 12.3. The molecule has 0 bridgehead atoms. The summed E-state index contributed by atoms with van der Waals surface area (Å²) < 4.78 is 5.57. The molecule has 6 nitrogen and oxygen atoms in total. The quantitative estimate of drug-likeness (QED) is 0.288. The fraction of sp³-hybridized carbons (Fsp3) is 0.619. The fourth-order valence-electron chi connectivity index (χ4n) is 2.57. The Labute approximate surface area is 187 Å². The molecule has 1 rings (SSSR count). The number of guanidine groups is 1. The molecule has 0 aromatic heterocycles. The Balaban J connectivity index is 0.00000729. The minimum Gasteiger partial charge on any atom is -0.379 e. The molecule has 0 spiro atoms. The summed E-state index contributed by atoms with van der Waals surface area (Å²) in [6.07, 6.45) is 0.982. The molecule has 0 radical (unpaired) electrons. The Morgan fingerprint density at radius 1 is 1.25 bits per heavy atom. The van der Waals surface area contributed by atoms with Gasteiger partial charge in [-0.05, 0) is 36.5 Å². The van der Waals surface area contributed by atoms with Crippen molar-refractivity contribution in [3.63, 3.8) is 0 Å². The van der Waals surface area contributed by atoms with E-state index < -0.39 is 0 Å². The van der Waals surface area contributed by atoms with Gasteiger partial charge >= 0.3 is 0 Å². The number of carbonyl (C=O) groups is 1. The van der Waals surface area contributed by atoms with E-state index in [1.54, 1.807) is 14.2 Å². The number of nitrogens with zero attached hydrogens (tertiary/aromatic N) is 1. The van der Waals surface area contributed by atoms with Crippen LogP contribution in [0.5, 0.6) is 0 Å². The lowest BCUT2D eigenvalue weighted by atomic mass is 9.89. The minimum absolute atomic E-state index is 0. The summed E-state index contributed by atoms with van der Waals surface area (Å²) in [6.45, 7) is 11.7. The second-order valence-electron chi connectivity index (χ2n) is 7.88. The summed E-state index contributed by atoms with van der Waals surface area (Å²) in [4.78, 5) is 16.5. The van der Waals surface area contributed by atoms with E-state index in [2.05, 4.69) is 48.6 Å². The van der Waals surface area contributed by atoms with Gasteiger partial charge in [-0.2, -0.15) is 0 Å². The highest BCUT2D eigenvalue weighted by Crippen LogP contribution is 2.20. The van der Waals surface area contributed by atoms with Gasteiger partial charge < -0.3 is 20.7 Å². The van der Waals surface area contributed by atoms with Crippen molar-refractivity contribution < 1.29 is 9.53 Å². The first-order valence-electron chi connectivity index (χ1n) is 9.58. The number of ether oxygens (including phenoxy) is 1. The molecule has 0 aliphatic heterocycles. The molecule has 1 amide bonds. The molecule has 0 saturated heterocycles. The third-order valence-electron chi connectivity index (χ3n) is 4.57. The number of carbonyl (C=O) groups excluding carboxylic acids is 1. The molecular weight excluding hydrogens is 467 g/mol. The summed E-state index contributed by atoms with van der Waals surface area (Å²) >= 11 is 0. The van der Waals surface area contributed by atoms with Crippen LogP contribution in [-0.4, -0.2) is 44.7 Å². The van der Waals surface area contributed by atoms with Gasteiger partial charge in [0.2, 0.25) is 0 Å². The maximum Gasteiger partial charge on any atom is 0.251 e. The lowest BCUT2D eigenvalue weighted by molar-refractivity contribution is 0.0205. The Bertz CT molecular complexity index is 629. The van der Waals surface area contributed by atoms with Crippen molar-refractivity contribution in [2.24, 2.45) is 10.4 Å². The number of methoxy groups -OCH3 is 1. The first-order valence-corrected chi connectivity index (χ1v) is 9.58.